The normalized spacial score (nSPS) is 26.4. The van der Waals surface area contributed by atoms with Crippen LogP contribution in [0.3, 0.4) is 0 Å². The lowest BCUT2D eigenvalue weighted by Crippen LogP contribution is -2.46. The number of ether oxygens (including phenoxy) is 1. The first-order chi connectivity index (χ1) is 8.63. The summed E-state index contributed by atoms with van der Waals surface area (Å²) >= 11 is 3.43. The monoisotopic (exact) mass is 309 g/mol. The maximum atomic E-state index is 12.5. The van der Waals surface area contributed by atoms with Crippen molar-refractivity contribution in [3.63, 3.8) is 0 Å². The highest BCUT2D eigenvalue weighted by molar-refractivity contribution is 9.10. The molecule has 18 heavy (non-hydrogen) atoms. The van der Waals surface area contributed by atoms with Gasteiger partial charge in [0.1, 0.15) is 0 Å². The van der Waals surface area contributed by atoms with E-state index in [4.69, 9.17) is 4.74 Å². The van der Waals surface area contributed by atoms with Gasteiger partial charge in [0.05, 0.1) is 12.2 Å². The van der Waals surface area contributed by atoms with Gasteiger partial charge in [-0.05, 0) is 37.5 Å². The molecule has 3 nitrogen and oxygen atoms in total. The third-order valence-electron chi connectivity index (χ3n) is 3.76. The van der Waals surface area contributed by atoms with Gasteiger partial charge in [-0.25, -0.2) is 0 Å². The van der Waals surface area contributed by atoms with E-state index in [0.717, 1.165) is 41.5 Å². The smallest absolute Gasteiger partial charge is 0.254 e. The zero-order chi connectivity index (χ0) is 12.7. The number of rotatable bonds is 1. The Kier molecular flexibility index (Phi) is 3.16. The number of nitrogens with zero attached hydrogens (tertiary/aromatic N) is 1. The minimum absolute atomic E-state index is 0.133. The molecule has 96 valence electrons. The van der Waals surface area contributed by atoms with Gasteiger partial charge >= 0.3 is 0 Å². The van der Waals surface area contributed by atoms with Crippen LogP contribution in [0.15, 0.2) is 22.7 Å². The van der Waals surface area contributed by atoms with Gasteiger partial charge in [-0.3, -0.25) is 4.79 Å². The van der Waals surface area contributed by atoms with E-state index in [1.165, 1.54) is 0 Å². The summed E-state index contributed by atoms with van der Waals surface area (Å²) in [5, 5.41) is 0. The lowest BCUT2D eigenvalue weighted by atomic mass is 10.1. The molecule has 1 aromatic rings. The van der Waals surface area contributed by atoms with Gasteiger partial charge in [0, 0.05) is 23.1 Å². The molecule has 1 amide bonds. The van der Waals surface area contributed by atoms with E-state index < -0.39 is 0 Å². The molecule has 1 aromatic carbocycles. The second kappa shape index (κ2) is 4.67. The zero-order valence-corrected chi connectivity index (χ0v) is 11.9. The van der Waals surface area contributed by atoms with Crippen molar-refractivity contribution < 1.29 is 9.53 Å². The number of benzene rings is 1. The maximum Gasteiger partial charge on any atom is 0.254 e. The first-order valence-corrected chi connectivity index (χ1v) is 7.13. The Labute approximate surface area is 115 Å². The molecule has 0 spiro atoms. The molecule has 0 aromatic heterocycles. The first kappa shape index (κ1) is 12.2. The lowest BCUT2D eigenvalue weighted by Gasteiger charge is -2.32. The number of aryl methyl sites for hydroxylation is 1. The van der Waals surface area contributed by atoms with E-state index in [0.29, 0.717) is 0 Å². The molecule has 0 saturated carbocycles. The van der Waals surface area contributed by atoms with Crippen molar-refractivity contribution >= 4 is 21.8 Å². The fourth-order valence-electron chi connectivity index (χ4n) is 2.78. The Hall–Kier alpha value is -0.870. The summed E-state index contributed by atoms with van der Waals surface area (Å²) in [4.78, 5) is 14.5. The summed E-state index contributed by atoms with van der Waals surface area (Å²) in [5.74, 6) is 0.133. The van der Waals surface area contributed by atoms with Gasteiger partial charge in [0.2, 0.25) is 0 Å². The summed E-state index contributed by atoms with van der Waals surface area (Å²) in [6.45, 7) is 3.46. The van der Waals surface area contributed by atoms with Crippen LogP contribution in [0.5, 0.6) is 0 Å². The van der Waals surface area contributed by atoms with Crippen molar-refractivity contribution in [3.8, 4) is 0 Å². The molecule has 2 aliphatic heterocycles. The average Bonchev–Trinajstić information content (AvgIpc) is 2.70. The number of hydrogen-bond donors (Lipinski definition) is 0. The Balaban J connectivity index is 1.84. The molecule has 2 fully saturated rings. The average molecular weight is 310 g/mol. The number of halogens is 1. The molecule has 0 radical (unpaired) electrons. The number of carbonyl (C=O) groups excluding carboxylic acids is 1. The minimum Gasteiger partial charge on any atom is -0.371 e. The second-order valence-corrected chi connectivity index (χ2v) is 6.04. The van der Waals surface area contributed by atoms with Crippen molar-refractivity contribution in [1.82, 2.24) is 4.90 Å². The molecule has 2 aliphatic rings. The molecule has 2 atom stereocenters. The van der Waals surface area contributed by atoms with Crippen molar-refractivity contribution in [1.29, 1.82) is 0 Å². The van der Waals surface area contributed by atoms with Gasteiger partial charge in [0.15, 0.2) is 0 Å². The minimum atomic E-state index is 0.133. The van der Waals surface area contributed by atoms with Crippen molar-refractivity contribution in [2.75, 3.05) is 13.1 Å². The third-order valence-corrected chi connectivity index (χ3v) is 4.25. The number of carbonyl (C=O) groups is 1. The van der Waals surface area contributed by atoms with Crippen molar-refractivity contribution in [3.05, 3.63) is 33.8 Å². The highest BCUT2D eigenvalue weighted by Crippen LogP contribution is 2.28. The van der Waals surface area contributed by atoms with E-state index >= 15 is 0 Å². The molecule has 2 heterocycles. The predicted molar refractivity (Wildman–Crippen MR) is 72.7 cm³/mol. The molecular weight excluding hydrogens is 294 g/mol. The summed E-state index contributed by atoms with van der Waals surface area (Å²) in [6.07, 6.45) is 2.68. The zero-order valence-electron chi connectivity index (χ0n) is 10.4. The topological polar surface area (TPSA) is 29.5 Å². The van der Waals surface area contributed by atoms with E-state index in [2.05, 4.69) is 15.9 Å². The SMILES string of the molecule is Cc1ccc(Br)cc1C(=O)N1CC2CCC(C1)O2. The largest absolute Gasteiger partial charge is 0.371 e. The van der Waals surface area contributed by atoms with Crippen molar-refractivity contribution in [2.45, 2.75) is 32.0 Å². The number of amides is 1. The van der Waals surface area contributed by atoms with Gasteiger partial charge in [0.25, 0.3) is 5.91 Å². The Morgan fingerprint density at radius 3 is 2.67 bits per heavy atom. The Bertz CT molecular complexity index is 477. The highest BCUT2D eigenvalue weighted by Gasteiger charge is 2.36. The van der Waals surface area contributed by atoms with Gasteiger partial charge in [-0.2, -0.15) is 0 Å². The van der Waals surface area contributed by atoms with E-state index in [1.54, 1.807) is 0 Å². The molecule has 0 N–H and O–H groups in total. The summed E-state index contributed by atoms with van der Waals surface area (Å²) in [6, 6.07) is 5.86. The molecule has 4 heteroatoms. The van der Waals surface area contributed by atoms with E-state index in [1.807, 2.05) is 30.0 Å². The van der Waals surface area contributed by atoms with Gasteiger partial charge in [-0.1, -0.05) is 22.0 Å². The van der Waals surface area contributed by atoms with Crippen LogP contribution in [0.25, 0.3) is 0 Å². The molecule has 2 unspecified atom stereocenters. The molecule has 2 bridgehead atoms. The standard InChI is InChI=1S/C14H16BrNO2/c1-9-2-3-10(15)6-13(9)14(17)16-7-11-4-5-12(8-16)18-11/h2-3,6,11-12H,4-5,7-8H2,1H3. The van der Waals surface area contributed by atoms with Crippen LogP contribution in [0.1, 0.15) is 28.8 Å². The number of morpholine rings is 1. The fourth-order valence-corrected chi connectivity index (χ4v) is 3.14. The molecule has 0 aliphatic carbocycles. The summed E-state index contributed by atoms with van der Waals surface area (Å²) in [7, 11) is 0. The van der Waals surface area contributed by atoms with Gasteiger partial charge < -0.3 is 9.64 Å². The van der Waals surface area contributed by atoms with E-state index in [9.17, 15) is 4.79 Å². The molecule has 2 saturated heterocycles. The second-order valence-electron chi connectivity index (χ2n) is 5.13. The van der Waals surface area contributed by atoms with Crippen LogP contribution in [0, 0.1) is 6.92 Å². The Morgan fingerprint density at radius 2 is 2.00 bits per heavy atom. The highest BCUT2D eigenvalue weighted by atomic mass is 79.9. The number of fused-ring (bicyclic) bond motifs is 2. The first-order valence-electron chi connectivity index (χ1n) is 6.34. The molecular formula is C14H16BrNO2. The third kappa shape index (κ3) is 2.19. The fraction of sp³-hybridized carbons (Fsp3) is 0.500. The Morgan fingerprint density at radius 1 is 1.33 bits per heavy atom. The van der Waals surface area contributed by atoms with Crippen LogP contribution >= 0.6 is 15.9 Å². The van der Waals surface area contributed by atoms with Crippen molar-refractivity contribution in [2.24, 2.45) is 0 Å². The summed E-state index contributed by atoms with van der Waals surface area (Å²) in [5.41, 5.74) is 1.83. The van der Waals surface area contributed by atoms with E-state index in [-0.39, 0.29) is 18.1 Å². The lowest BCUT2D eigenvalue weighted by molar-refractivity contribution is -0.0303. The number of likely N-dealkylation sites (tertiary alicyclic amines) is 1. The quantitative estimate of drug-likeness (QED) is 0.798. The van der Waals surface area contributed by atoms with Crippen LogP contribution in [-0.2, 0) is 4.74 Å². The van der Waals surface area contributed by atoms with Crippen LogP contribution in [-0.4, -0.2) is 36.1 Å². The maximum absolute atomic E-state index is 12.5. The predicted octanol–water partition coefficient (Wildman–Crippen LogP) is 2.76. The van der Waals surface area contributed by atoms with Crippen LogP contribution in [0.4, 0.5) is 0 Å². The molecule has 3 rings (SSSR count). The number of hydrogen-bond acceptors (Lipinski definition) is 2. The van der Waals surface area contributed by atoms with Crippen LogP contribution < -0.4 is 0 Å². The summed E-state index contributed by atoms with van der Waals surface area (Å²) < 4.78 is 6.72. The van der Waals surface area contributed by atoms with Crippen LogP contribution in [0.2, 0.25) is 0 Å². The van der Waals surface area contributed by atoms with Gasteiger partial charge in [-0.15, -0.1) is 0 Å².